The number of nitrogens with zero attached hydrogens (tertiary/aromatic N) is 1. The fourth-order valence-electron chi connectivity index (χ4n) is 1.30. The summed E-state index contributed by atoms with van der Waals surface area (Å²) >= 11 is 2.87. The number of carbonyl (C=O) groups is 1. The first-order valence-corrected chi connectivity index (χ1v) is 5.95. The van der Waals surface area contributed by atoms with Crippen LogP contribution in [0.25, 0.3) is 0 Å². The van der Waals surface area contributed by atoms with Crippen LogP contribution in [0.3, 0.4) is 0 Å². The van der Waals surface area contributed by atoms with Gasteiger partial charge in [-0.05, 0) is 0 Å². The lowest BCUT2D eigenvalue weighted by Gasteiger charge is -2.15. The van der Waals surface area contributed by atoms with Crippen molar-refractivity contribution in [2.45, 2.75) is 18.1 Å². The lowest BCUT2D eigenvalue weighted by molar-refractivity contribution is -0.275. The summed E-state index contributed by atoms with van der Waals surface area (Å²) in [4.78, 5) is 14.4. The van der Waals surface area contributed by atoms with E-state index in [0.29, 0.717) is 6.07 Å². The van der Waals surface area contributed by atoms with Crippen molar-refractivity contribution >= 4 is 21.9 Å². The summed E-state index contributed by atoms with van der Waals surface area (Å²) in [6, 6.07) is 0.699. The molecule has 106 valence electrons. The number of rotatable bonds is 4. The van der Waals surface area contributed by atoms with E-state index in [9.17, 15) is 22.4 Å². The van der Waals surface area contributed by atoms with Crippen molar-refractivity contribution in [3.05, 3.63) is 23.3 Å². The summed E-state index contributed by atoms with van der Waals surface area (Å²) in [6.07, 6.45) is -5.53. The predicted octanol–water partition coefficient (Wildman–Crippen LogP) is 2.73. The van der Waals surface area contributed by atoms with Crippen molar-refractivity contribution in [1.29, 1.82) is 0 Å². The Labute approximate surface area is 113 Å². The van der Waals surface area contributed by atoms with Crippen LogP contribution >= 0.6 is 15.9 Å². The average molecular weight is 346 g/mol. The molecule has 0 radical (unpaired) electrons. The van der Waals surface area contributed by atoms with E-state index in [1.54, 1.807) is 0 Å². The molecule has 0 saturated heterocycles. The Bertz CT molecular complexity index is 479. The molecule has 0 amide bonds. The fourth-order valence-corrected chi connectivity index (χ4v) is 1.68. The Balaban J connectivity index is 3.25. The second-order valence-electron chi connectivity index (χ2n) is 3.31. The van der Waals surface area contributed by atoms with Crippen LogP contribution < -0.4 is 4.74 Å². The highest BCUT2D eigenvalue weighted by atomic mass is 79.9. The van der Waals surface area contributed by atoms with E-state index in [0.717, 1.165) is 7.11 Å². The highest BCUT2D eigenvalue weighted by molar-refractivity contribution is 9.08. The smallest absolute Gasteiger partial charge is 0.469 e. The van der Waals surface area contributed by atoms with Gasteiger partial charge in [0.1, 0.15) is 0 Å². The summed E-state index contributed by atoms with van der Waals surface area (Å²) in [5, 5.41) is -0.162. The second-order valence-corrected chi connectivity index (χ2v) is 3.87. The quantitative estimate of drug-likeness (QED) is 0.364. The molecule has 19 heavy (non-hydrogen) atoms. The van der Waals surface area contributed by atoms with Gasteiger partial charge in [0, 0.05) is 17.0 Å². The van der Waals surface area contributed by atoms with E-state index < -0.39 is 30.4 Å². The van der Waals surface area contributed by atoms with Crippen LogP contribution in [0, 0.1) is 5.95 Å². The molecule has 0 unspecified atom stereocenters. The first-order valence-electron chi connectivity index (χ1n) is 4.83. The molecular formula is C10H8BrF4NO3. The van der Waals surface area contributed by atoms with Crippen LogP contribution in [0.2, 0.25) is 0 Å². The van der Waals surface area contributed by atoms with Crippen LogP contribution in [0.5, 0.6) is 5.75 Å². The van der Waals surface area contributed by atoms with E-state index in [4.69, 9.17) is 0 Å². The van der Waals surface area contributed by atoms with Gasteiger partial charge in [-0.2, -0.15) is 4.39 Å². The third kappa shape index (κ3) is 4.66. The topological polar surface area (TPSA) is 48.4 Å². The molecule has 9 heteroatoms. The van der Waals surface area contributed by atoms with Gasteiger partial charge in [0.2, 0.25) is 5.95 Å². The number of aromatic nitrogens is 1. The summed E-state index contributed by atoms with van der Waals surface area (Å²) in [5.41, 5.74) is -0.581. The van der Waals surface area contributed by atoms with Gasteiger partial charge in [0.05, 0.1) is 19.2 Å². The number of hydrogen-bond acceptors (Lipinski definition) is 4. The van der Waals surface area contributed by atoms with Crippen molar-refractivity contribution in [2.24, 2.45) is 0 Å². The molecule has 0 atom stereocenters. The molecule has 1 aromatic rings. The largest absolute Gasteiger partial charge is 0.573 e. The normalized spacial score (nSPS) is 11.3. The van der Waals surface area contributed by atoms with Crippen LogP contribution in [-0.4, -0.2) is 24.4 Å². The van der Waals surface area contributed by atoms with Gasteiger partial charge in [0.25, 0.3) is 0 Å². The minimum atomic E-state index is -4.97. The van der Waals surface area contributed by atoms with Gasteiger partial charge in [0.15, 0.2) is 5.75 Å². The van der Waals surface area contributed by atoms with Crippen molar-refractivity contribution in [3.63, 3.8) is 0 Å². The highest BCUT2D eigenvalue weighted by Gasteiger charge is 2.34. The molecule has 0 spiro atoms. The Kier molecular flexibility index (Phi) is 5.10. The van der Waals surface area contributed by atoms with Crippen LogP contribution in [-0.2, 0) is 21.3 Å². The van der Waals surface area contributed by atoms with E-state index in [1.807, 2.05) is 0 Å². The second kappa shape index (κ2) is 6.18. The minimum absolute atomic E-state index is 0.162. The molecule has 1 aromatic heterocycles. The number of hydrogen-bond donors (Lipinski definition) is 0. The molecule has 0 aliphatic rings. The van der Waals surface area contributed by atoms with E-state index in [1.165, 1.54) is 0 Å². The Morgan fingerprint density at radius 2 is 2.11 bits per heavy atom. The first-order chi connectivity index (χ1) is 8.76. The molecule has 0 saturated carbocycles. The number of carbonyl (C=O) groups excluding carboxylic acids is 1. The summed E-state index contributed by atoms with van der Waals surface area (Å²) in [6.45, 7) is 0. The maximum absolute atomic E-state index is 13.2. The molecule has 0 bridgehead atoms. The summed E-state index contributed by atoms with van der Waals surface area (Å²) in [7, 11) is 1.07. The lowest BCUT2D eigenvalue weighted by atomic mass is 10.1. The van der Waals surface area contributed by atoms with E-state index in [2.05, 4.69) is 30.4 Å². The average Bonchev–Trinajstić information content (AvgIpc) is 2.30. The van der Waals surface area contributed by atoms with Gasteiger partial charge in [-0.3, -0.25) is 4.79 Å². The van der Waals surface area contributed by atoms with Crippen LogP contribution in [0.1, 0.15) is 11.3 Å². The maximum Gasteiger partial charge on any atom is 0.573 e. The molecule has 1 heterocycles. The predicted molar refractivity (Wildman–Crippen MR) is 59.2 cm³/mol. The molecule has 0 fully saturated rings. The van der Waals surface area contributed by atoms with Gasteiger partial charge >= 0.3 is 12.3 Å². The monoisotopic (exact) mass is 345 g/mol. The summed E-state index contributed by atoms with van der Waals surface area (Å²) < 4.78 is 58.1. The number of methoxy groups -OCH3 is 1. The van der Waals surface area contributed by atoms with Crippen LogP contribution in [0.4, 0.5) is 17.6 Å². The Hall–Kier alpha value is -1.38. The van der Waals surface area contributed by atoms with Gasteiger partial charge in [-0.1, -0.05) is 15.9 Å². The first kappa shape index (κ1) is 15.7. The van der Waals surface area contributed by atoms with Crippen LogP contribution in [0.15, 0.2) is 6.07 Å². The number of esters is 1. The number of alkyl halides is 4. The zero-order valence-corrected chi connectivity index (χ0v) is 11.1. The van der Waals surface area contributed by atoms with Crippen molar-refractivity contribution in [2.75, 3.05) is 7.11 Å². The molecular weight excluding hydrogens is 338 g/mol. The number of halogens is 5. The Morgan fingerprint density at radius 3 is 2.58 bits per heavy atom. The molecule has 0 N–H and O–H groups in total. The minimum Gasteiger partial charge on any atom is -0.469 e. The molecule has 0 aliphatic heterocycles. The van der Waals surface area contributed by atoms with E-state index >= 15 is 0 Å². The molecule has 0 aliphatic carbocycles. The van der Waals surface area contributed by atoms with Gasteiger partial charge in [-0.25, -0.2) is 4.98 Å². The van der Waals surface area contributed by atoms with Gasteiger partial charge in [-0.15, -0.1) is 13.2 Å². The zero-order chi connectivity index (χ0) is 14.6. The standard InChI is InChI=1S/C10H8BrF4NO3/c1-18-8(17)3-5-2-7(12)16-6(4-11)9(5)19-10(13,14)15/h2H,3-4H2,1H3. The number of ether oxygens (including phenoxy) is 2. The van der Waals surface area contributed by atoms with Crippen molar-refractivity contribution < 1.29 is 31.8 Å². The molecule has 0 aromatic carbocycles. The van der Waals surface area contributed by atoms with E-state index in [-0.39, 0.29) is 16.6 Å². The SMILES string of the molecule is COC(=O)Cc1cc(F)nc(CBr)c1OC(F)(F)F. The fraction of sp³-hybridized carbons (Fsp3) is 0.400. The summed E-state index contributed by atoms with van der Waals surface area (Å²) in [5.74, 6) is -2.53. The molecule has 1 rings (SSSR count). The van der Waals surface area contributed by atoms with Gasteiger partial charge < -0.3 is 9.47 Å². The third-order valence-electron chi connectivity index (χ3n) is 2.00. The Morgan fingerprint density at radius 1 is 1.47 bits per heavy atom. The highest BCUT2D eigenvalue weighted by Crippen LogP contribution is 2.31. The van der Waals surface area contributed by atoms with Crippen molar-refractivity contribution in [1.82, 2.24) is 4.98 Å². The van der Waals surface area contributed by atoms with Crippen molar-refractivity contribution in [3.8, 4) is 5.75 Å². The third-order valence-corrected chi connectivity index (χ3v) is 2.53. The number of pyridine rings is 1. The maximum atomic E-state index is 13.2. The lowest BCUT2D eigenvalue weighted by Crippen LogP contribution is -2.20. The zero-order valence-electron chi connectivity index (χ0n) is 9.55. The molecule has 4 nitrogen and oxygen atoms in total.